The first-order valence-corrected chi connectivity index (χ1v) is 8.84. The van der Waals surface area contributed by atoms with E-state index in [1.807, 2.05) is 16.6 Å². The van der Waals surface area contributed by atoms with Gasteiger partial charge >= 0.3 is 0 Å². The first kappa shape index (κ1) is 16.7. The first-order valence-electron chi connectivity index (χ1n) is 8.84. The zero-order valence-electron chi connectivity index (χ0n) is 14.7. The number of likely N-dealkylation sites (tertiary alicyclic amines) is 1. The third-order valence-electron chi connectivity index (χ3n) is 4.93. The van der Waals surface area contributed by atoms with Crippen LogP contribution in [0.3, 0.4) is 0 Å². The molecule has 1 atom stereocenters. The van der Waals surface area contributed by atoms with E-state index in [1.54, 1.807) is 0 Å². The Bertz CT molecular complexity index is 690. The summed E-state index contributed by atoms with van der Waals surface area (Å²) in [6.45, 7) is 4.99. The van der Waals surface area contributed by atoms with E-state index in [4.69, 9.17) is 0 Å². The van der Waals surface area contributed by atoms with Crippen LogP contribution in [0.1, 0.15) is 61.9 Å². The SMILES string of the molecule is CCc1nn(C)c(CC)c1CC(=O)N1CCCCC1c1ncn[nH]1. The maximum atomic E-state index is 13.0. The van der Waals surface area contributed by atoms with E-state index in [9.17, 15) is 4.79 Å². The number of hydrogen-bond acceptors (Lipinski definition) is 4. The highest BCUT2D eigenvalue weighted by Crippen LogP contribution is 2.29. The van der Waals surface area contributed by atoms with Gasteiger partial charge in [-0.2, -0.15) is 10.2 Å². The predicted molar refractivity (Wildman–Crippen MR) is 90.4 cm³/mol. The molecule has 1 aliphatic heterocycles. The Balaban J connectivity index is 1.83. The summed E-state index contributed by atoms with van der Waals surface area (Å²) in [4.78, 5) is 19.3. The van der Waals surface area contributed by atoms with E-state index in [2.05, 4.69) is 34.1 Å². The molecule has 1 saturated heterocycles. The van der Waals surface area contributed by atoms with Crippen LogP contribution < -0.4 is 0 Å². The molecule has 0 radical (unpaired) electrons. The van der Waals surface area contributed by atoms with E-state index in [-0.39, 0.29) is 11.9 Å². The van der Waals surface area contributed by atoms with Crippen molar-refractivity contribution in [3.63, 3.8) is 0 Å². The number of H-pyrrole nitrogens is 1. The van der Waals surface area contributed by atoms with Crippen molar-refractivity contribution < 1.29 is 4.79 Å². The fraction of sp³-hybridized carbons (Fsp3) is 0.647. The van der Waals surface area contributed by atoms with Crippen LogP contribution in [0, 0.1) is 0 Å². The fourth-order valence-electron chi connectivity index (χ4n) is 3.74. The minimum absolute atomic E-state index is 0.0144. The van der Waals surface area contributed by atoms with Crippen molar-refractivity contribution >= 4 is 5.91 Å². The Morgan fingerprint density at radius 2 is 2.17 bits per heavy atom. The molecule has 0 aliphatic carbocycles. The standard InChI is InChI=1S/C17H26N6O/c1-4-13-12(14(5-2)22(3)21-13)10-16(24)23-9-7-6-8-15(23)17-18-11-19-20-17/h11,15H,4-10H2,1-3H3,(H,18,19,20). The molecule has 1 aliphatic rings. The quantitative estimate of drug-likeness (QED) is 0.909. The van der Waals surface area contributed by atoms with Gasteiger partial charge in [-0.3, -0.25) is 14.6 Å². The van der Waals surface area contributed by atoms with Crippen LogP contribution in [0.2, 0.25) is 0 Å². The van der Waals surface area contributed by atoms with Crippen molar-refractivity contribution in [3.05, 3.63) is 29.1 Å². The monoisotopic (exact) mass is 330 g/mol. The molecule has 2 aromatic heterocycles. The van der Waals surface area contributed by atoms with Gasteiger partial charge in [0.05, 0.1) is 18.2 Å². The molecule has 1 amide bonds. The molecule has 0 saturated carbocycles. The lowest BCUT2D eigenvalue weighted by molar-refractivity contribution is -0.134. The van der Waals surface area contributed by atoms with Gasteiger partial charge in [-0.1, -0.05) is 13.8 Å². The minimum atomic E-state index is 0.0144. The second-order valence-electron chi connectivity index (χ2n) is 6.35. The van der Waals surface area contributed by atoms with E-state index < -0.39 is 0 Å². The van der Waals surface area contributed by atoms with Gasteiger partial charge in [0.2, 0.25) is 5.91 Å². The number of carbonyl (C=O) groups excluding carboxylic acids is 1. The molecule has 1 fully saturated rings. The molecule has 24 heavy (non-hydrogen) atoms. The topological polar surface area (TPSA) is 79.7 Å². The molecule has 1 N–H and O–H groups in total. The fourth-order valence-corrected chi connectivity index (χ4v) is 3.74. The third-order valence-corrected chi connectivity index (χ3v) is 4.93. The van der Waals surface area contributed by atoms with Crippen LogP contribution in [0.5, 0.6) is 0 Å². The lowest BCUT2D eigenvalue weighted by atomic mass is 9.99. The maximum Gasteiger partial charge on any atom is 0.227 e. The van der Waals surface area contributed by atoms with Crippen LogP contribution >= 0.6 is 0 Å². The number of aromatic nitrogens is 5. The van der Waals surface area contributed by atoms with E-state index in [0.29, 0.717) is 6.42 Å². The average molecular weight is 330 g/mol. The number of hydrogen-bond donors (Lipinski definition) is 1. The minimum Gasteiger partial charge on any atom is -0.332 e. The summed E-state index contributed by atoms with van der Waals surface area (Å²) >= 11 is 0. The van der Waals surface area contributed by atoms with E-state index in [1.165, 1.54) is 6.33 Å². The second kappa shape index (κ2) is 7.15. The van der Waals surface area contributed by atoms with Gasteiger partial charge in [0, 0.05) is 24.8 Å². The highest BCUT2D eigenvalue weighted by atomic mass is 16.2. The molecule has 7 nitrogen and oxygen atoms in total. The predicted octanol–water partition coefficient (Wildman–Crippen LogP) is 1.96. The average Bonchev–Trinajstić information content (AvgIpc) is 3.23. The van der Waals surface area contributed by atoms with Gasteiger partial charge in [0.1, 0.15) is 12.2 Å². The molecule has 2 aromatic rings. The summed E-state index contributed by atoms with van der Waals surface area (Å²) in [5.41, 5.74) is 3.30. The van der Waals surface area contributed by atoms with Crippen molar-refractivity contribution in [2.24, 2.45) is 7.05 Å². The third kappa shape index (κ3) is 3.07. The van der Waals surface area contributed by atoms with E-state index in [0.717, 1.165) is 61.4 Å². The van der Waals surface area contributed by atoms with E-state index >= 15 is 0 Å². The van der Waals surface area contributed by atoms with Crippen LogP contribution in [0.4, 0.5) is 0 Å². The molecule has 130 valence electrons. The molecular formula is C17H26N6O. The zero-order chi connectivity index (χ0) is 17.1. The van der Waals surface area contributed by atoms with Crippen molar-refractivity contribution in [1.29, 1.82) is 0 Å². The summed E-state index contributed by atoms with van der Waals surface area (Å²) in [5, 5.41) is 11.5. The number of amides is 1. The second-order valence-corrected chi connectivity index (χ2v) is 6.35. The number of aryl methyl sites for hydroxylation is 2. The lowest BCUT2D eigenvalue weighted by Crippen LogP contribution is -2.40. The molecule has 7 heteroatoms. The Labute approximate surface area is 142 Å². The highest BCUT2D eigenvalue weighted by molar-refractivity contribution is 5.80. The van der Waals surface area contributed by atoms with Crippen molar-refractivity contribution in [2.75, 3.05) is 6.54 Å². The lowest BCUT2D eigenvalue weighted by Gasteiger charge is -2.34. The van der Waals surface area contributed by atoms with Crippen molar-refractivity contribution in [3.8, 4) is 0 Å². The highest BCUT2D eigenvalue weighted by Gasteiger charge is 2.31. The Kier molecular flexibility index (Phi) is 4.97. The van der Waals surface area contributed by atoms with Gasteiger partial charge in [0.25, 0.3) is 0 Å². The van der Waals surface area contributed by atoms with Gasteiger partial charge in [-0.25, -0.2) is 4.98 Å². The summed E-state index contributed by atoms with van der Waals surface area (Å²) in [6.07, 6.45) is 6.77. The van der Waals surface area contributed by atoms with Crippen LogP contribution in [-0.2, 0) is 31.1 Å². The normalized spacial score (nSPS) is 18.1. The molecule has 1 unspecified atom stereocenters. The van der Waals surface area contributed by atoms with Crippen molar-refractivity contribution in [2.45, 2.75) is 58.4 Å². The molecule has 3 heterocycles. The largest absolute Gasteiger partial charge is 0.332 e. The number of piperidine rings is 1. The van der Waals surface area contributed by atoms with Crippen molar-refractivity contribution in [1.82, 2.24) is 29.9 Å². The summed E-state index contributed by atoms with van der Waals surface area (Å²) in [5.74, 6) is 0.953. The molecular weight excluding hydrogens is 304 g/mol. The molecule has 0 bridgehead atoms. The van der Waals surface area contributed by atoms with Gasteiger partial charge in [-0.05, 0) is 32.1 Å². The Morgan fingerprint density at radius 3 is 2.83 bits per heavy atom. The molecule has 0 aromatic carbocycles. The van der Waals surface area contributed by atoms with Crippen LogP contribution in [0.25, 0.3) is 0 Å². The zero-order valence-corrected chi connectivity index (χ0v) is 14.7. The number of rotatable bonds is 5. The van der Waals surface area contributed by atoms with Gasteiger partial charge < -0.3 is 4.90 Å². The first-order chi connectivity index (χ1) is 11.7. The maximum absolute atomic E-state index is 13.0. The Hall–Kier alpha value is -2.18. The number of aromatic amines is 1. The number of carbonyl (C=O) groups is 1. The Morgan fingerprint density at radius 1 is 1.33 bits per heavy atom. The number of nitrogens with zero attached hydrogens (tertiary/aromatic N) is 5. The molecule has 0 spiro atoms. The van der Waals surface area contributed by atoms with Crippen LogP contribution in [-0.4, -0.2) is 42.3 Å². The number of nitrogens with one attached hydrogen (secondary N) is 1. The summed E-state index contributed by atoms with van der Waals surface area (Å²) in [6, 6.07) is 0.0144. The van der Waals surface area contributed by atoms with Crippen LogP contribution in [0.15, 0.2) is 6.33 Å². The summed E-state index contributed by atoms with van der Waals surface area (Å²) in [7, 11) is 1.96. The summed E-state index contributed by atoms with van der Waals surface area (Å²) < 4.78 is 1.92. The van der Waals surface area contributed by atoms with Gasteiger partial charge in [-0.15, -0.1) is 0 Å². The molecule has 3 rings (SSSR count). The van der Waals surface area contributed by atoms with Gasteiger partial charge in [0.15, 0.2) is 0 Å². The smallest absolute Gasteiger partial charge is 0.227 e.